The molecule has 1 aliphatic heterocycles. The van der Waals surface area contributed by atoms with Crippen molar-refractivity contribution in [2.75, 3.05) is 18.6 Å². The van der Waals surface area contributed by atoms with Crippen LogP contribution in [-0.4, -0.2) is 35.6 Å². The molecule has 3 aromatic rings. The average molecular weight is 383 g/mol. The van der Waals surface area contributed by atoms with Crippen molar-refractivity contribution < 1.29 is 18.3 Å². The molecule has 4 rings (SSSR count). The quantitative estimate of drug-likeness (QED) is 0.630. The number of aromatic nitrogens is 2. The second-order valence-corrected chi connectivity index (χ2v) is 6.90. The molecule has 1 saturated heterocycles. The Balaban J connectivity index is 1.95. The third-order valence-electron chi connectivity index (χ3n) is 5.08. The van der Waals surface area contributed by atoms with E-state index in [1.54, 1.807) is 18.2 Å². The molecule has 2 aromatic carbocycles. The van der Waals surface area contributed by atoms with E-state index in [2.05, 4.69) is 16.8 Å². The van der Waals surface area contributed by atoms with E-state index in [0.29, 0.717) is 28.1 Å². The summed E-state index contributed by atoms with van der Waals surface area (Å²) in [5, 5.41) is 0. The van der Waals surface area contributed by atoms with Gasteiger partial charge in [0.25, 0.3) is 0 Å². The minimum Gasteiger partial charge on any atom is -0.465 e. The first-order valence-electron chi connectivity index (χ1n) is 9.10. The van der Waals surface area contributed by atoms with Crippen molar-refractivity contribution in [3.05, 3.63) is 53.6 Å². The van der Waals surface area contributed by atoms with Crippen molar-refractivity contribution in [2.24, 2.45) is 0 Å². The summed E-state index contributed by atoms with van der Waals surface area (Å²) < 4.78 is 32.7. The normalized spacial score (nSPS) is 16.6. The van der Waals surface area contributed by atoms with Gasteiger partial charge in [-0.2, -0.15) is 0 Å². The number of carbonyl (C=O) groups excluding carboxylic acids is 1. The predicted octanol–water partition coefficient (Wildman–Crippen LogP) is 4.35. The van der Waals surface area contributed by atoms with Crippen LogP contribution in [-0.2, 0) is 4.74 Å². The van der Waals surface area contributed by atoms with Gasteiger partial charge in [0.2, 0.25) is 0 Å². The summed E-state index contributed by atoms with van der Waals surface area (Å²) in [5.41, 5.74) is 1.96. The molecule has 7 heteroatoms. The minimum atomic E-state index is -0.687. The molecule has 0 amide bonds. The van der Waals surface area contributed by atoms with Gasteiger partial charge in [0.05, 0.1) is 23.7 Å². The van der Waals surface area contributed by atoms with Gasteiger partial charge in [-0.1, -0.05) is 0 Å². The maximum Gasteiger partial charge on any atom is 0.337 e. The number of nitrogens with zero attached hydrogens (tertiary/aromatic N) is 3. The lowest BCUT2D eigenvalue weighted by molar-refractivity contribution is 0.0601. The molecule has 1 atom stereocenters. The van der Waals surface area contributed by atoms with Gasteiger partial charge in [-0.15, -0.1) is 0 Å². The van der Waals surface area contributed by atoms with Crippen molar-refractivity contribution in [1.82, 2.24) is 9.97 Å². The number of hydrogen-bond acceptors (Lipinski definition) is 5. The molecule has 0 radical (unpaired) electrons. The number of carbonyl (C=O) groups is 1. The monoisotopic (exact) mass is 383 g/mol. The molecule has 1 aliphatic rings. The van der Waals surface area contributed by atoms with E-state index >= 15 is 0 Å². The fourth-order valence-corrected chi connectivity index (χ4v) is 3.60. The topological polar surface area (TPSA) is 55.3 Å². The highest BCUT2D eigenvalue weighted by atomic mass is 19.1. The summed E-state index contributed by atoms with van der Waals surface area (Å²) in [4.78, 5) is 23.3. The molecule has 0 bridgehead atoms. The fourth-order valence-electron chi connectivity index (χ4n) is 3.60. The number of hydrogen-bond donors (Lipinski definition) is 0. The zero-order valence-corrected chi connectivity index (χ0v) is 15.6. The summed E-state index contributed by atoms with van der Waals surface area (Å²) in [6.45, 7) is 2.85. The van der Waals surface area contributed by atoms with Crippen LogP contribution in [0, 0.1) is 11.6 Å². The molecule has 0 aliphatic carbocycles. The fraction of sp³-hybridized carbons (Fsp3) is 0.286. The lowest BCUT2D eigenvalue weighted by Crippen LogP contribution is -2.28. The van der Waals surface area contributed by atoms with Gasteiger partial charge in [0.15, 0.2) is 5.82 Å². The third kappa shape index (κ3) is 3.17. The SMILES string of the molecule is COC(=O)c1ccc2nc(-c3ccc(F)cc3F)c(N3CCCC3C)nc2c1. The van der Waals surface area contributed by atoms with Crippen LogP contribution in [0.25, 0.3) is 22.3 Å². The Morgan fingerprint density at radius 1 is 1.14 bits per heavy atom. The highest BCUT2D eigenvalue weighted by Crippen LogP contribution is 2.35. The Labute approximate surface area is 161 Å². The number of anilines is 1. The summed E-state index contributed by atoms with van der Waals surface area (Å²) in [7, 11) is 1.32. The summed E-state index contributed by atoms with van der Waals surface area (Å²) in [6, 6.07) is 8.51. The largest absolute Gasteiger partial charge is 0.465 e. The lowest BCUT2D eigenvalue weighted by atomic mass is 10.1. The zero-order chi connectivity index (χ0) is 19.8. The lowest BCUT2D eigenvalue weighted by Gasteiger charge is -2.25. The highest BCUT2D eigenvalue weighted by Gasteiger charge is 2.27. The highest BCUT2D eigenvalue weighted by molar-refractivity contribution is 5.94. The standard InChI is InChI=1S/C21H19F2N3O2/c1-12-4-3-9-26(12)20-19(15-7-6-14(22)11-16(15)23)24-17-8-5-13(21(27)28-2)10-18(17)25-20/h5-8,10-12H,3-4,9H2,1-2H3. The van der Waals surface area contributed by atoms with Crippen LogP contribution >= 0.6 is 0 Å². The Morgan fingerprint density at radius 2 is 1.96 bits per heavy atom. The molecule has 0 saturated carbocycles. The molecular formula is C21H19F2N3O2. The van der Waals surface area contributed by atoms with Crippen LogP contribution in [0.2, 0.25) is 0 Å². The Hall–Kier alpha value is -3.09. The van der Waals surface area contributed by atoms with E-state index in [1.807, 2.05) is 0 Å². The second kappa shape index (κ2) is 7.14. The van der Waals surface area contributed by atoms with Gasteiger partial charge in [-0.3, -0.25) is 0 Å². The van der Waals surface area contributed by atoms with E-state index in [4.69, 9.17) is 9.72 Å². The van der Waals surface area contributed by atoms with Crippen LogP contribution in [0.4, 0.5) is 14.6 Å². The van der Waals surface area contributed by atoms with Gasteiger partial charge in [-0.05, 0) is 50.1 Å². The zero-order valence-electron chi connectivity index (χ0n) is 15.6. The number of methoxy groups -OCH3 is 1. The molecule has 2 heterocycles. The smallest absolute Gasteiger partial charge is 0.337 e. The molecule has 28 heavy (non-hydrogen) atoms. The van der Waals surface area contributed by atoms with E-state index < -0.39 is 17.6 Å². The minimum absolute atomic E-state index is 0.196. The molecule has 5 nitrogen and oxygen atoms in total. The van der Waals surface area contributed by atoms with E-state index in [1.165, 1.54) is 19.2 Å². The van der Waals surface area contributed by atoms with Crippen LogP contribution < -0.4 is 4.90 Å². The summed E-state index contributed by atoms with van der Waals surface area (Å²) in [6.07, 6.45) is 1.99. The first kappa shape index (κ1) is 18.3. The first-order valence-corrected chi connectivity index (χ1v) is 9.10. The van der Waals surface area contributed by atoms with Crippen molar-refractivity contribution >= 4 is 22.8 Å². The van der Waals surface area contributed by atoms with Crippen LogP contribution in [0.3, 0.4) is 0 Å². The number of esters is 1. The number of halogens is 2. The third-order valence-corrected chi connectivity index (χ3v) is 5.08. The molecule has 0 N–H and O–H groups in total. The molecular weight excluding hydrogens is 364 g/mol. The van der Waals surface area contributed by atoms with Gasteiger partial charge < -0.3 is 9.64 Å². The predicted molar refractivity (Wildman–Crippen MR) is 102 cm³/mol. The van der Waals surface area contributed by atoms with Crippen molar-refractivity contribution in [1.29, 1.82) is 0 Å². The molecule has 1 unspecified atom stereocenters. The van der Waals surface area contributed by atoms with E-state index in [-0.39, 0.29) is 11.6 Å². The van der Waals surface area contributed by atoms with E-state index in [9.17, 15) is 13.6 Å². The van der Waals surface area contributed by atoms with Crippen molar-refractivity contribution in [2.45, 2.75) is 25.8 Å². The van der Waals surface area contributed by atoms with Crippen molar-refractivity contribution in [3.63, 3.8) is 0 Å². The van der Waals surface area contributed by atoms with Gasteiger partial charge in [0, 0.05) is 24.2 Å². The second-order valence-electron chi connectivity index (χ2n) is 6.90. The summed E-state index contributed by atoms with van der Waals surface area (Å²) in [5.74, 6) is -1.26. The molecule has 144 valence electrons. The first-order chi connectivity index (χ1) is 13.5. The number of rotatable bonds is 3. The number of benzene rings is 2. The maximum absolute atomic E-state index is 14.5. The Kier molecular flexibility index (Phi) is 4.66. The average Bonchev–Trinajstić information content (AvgIpc) is 3.11. The molecule has 0 spiro atoms. The van der Waals surface area contributed by atoms with Crippen LogP contribution in [0.15, 0.2) is 36.4 Å². The van der Waals surface area contributed by atoms with Crippen LogP contribution in [0.1, 0.15) is 30.1 Å². The summed E-state index contributed by atoms with van der Waals surface area (Å²) >= 11 is 0. The van der Waals surface area contributed by atoms with Crippen LogP contribution in [0.5, 0.6) is 0 Å². The van der Waals surface area contributed by atoms with Gasteiger partial charge in [-0.25, -0.2) is 23.5 Å². The molecule has 1 fully saturated rings. The Bertz CT molecular complexity index is 1070. The molecule has 1 aromatic heterocycles. The van der Waals surface area contributed by atoms with Gasteiger partial charge >= 0.3 is 5.97 Å². The maximum atomic E-state index is 14.5. The Morgan fingerprint density at radius 3 is 2.64 bits per heavy atom. The number of ether oxygens (including phenoxy) is 1. The van der Waals surface area contributed by atoms with E-state index in [0.717, 1.165) is 25.5 Å². The van der Waals surface area contributed by atoms with Crippen molar-refractivity contribution in [3.8, 4) is 11.3 Å². The van der Waals surface area contributed by atoms with Gasteiger partial charge in [0.1, 0.15) is 17.3 Å². The number of fused-ring (bicyclic) bond motifs is 1.